The maximum atomic E-state index is 17.2. The third-order valence-electron chi connectivity index (χ3n) is 9.22. The van der Waals surface area contributed by atoms with Gasteiger partial charge in [0.25, 0.3) is 0 Å². The summed E-state index contributed by atoms with van der Waals surface area (Å²) < 4.78 is 38.6. The molecule has 9 atom stereocenters. The molecule has 0 radical (unpaired) electrons. The second-order valence-corrected chi connectivity index (χ2v) is 11.3. The normalized spacial score (nSPS) is 48.4. The molecule has 5 nitrogen and oxygen atoms in total. The fourth-order valence-corrected chi connectivity index (χ4v) is 8.40. The SMILES string of the molecule is CCC(=O)O[C@]1(C(=O)SC)[C@H](C)C[C@H]2[C@@H]3C[C@H](F)C4=CC(=O)C=C[C@]4(C)[C@@]3(F)[C@@H](O)C[C@@]21C. The lowest BCUT2D eigenvalue weighted by atomic mass is 9.44. The summed E-state index contributed by atoms with van der Waals surface area (Å²) >= 11 is 0.956. The number of allylic oxidation sites excluding steroid dienone is 4. The van der Waals surface area contributed by atoms with Crippen LogP contribution in [-0.2, 0) is 19.1 Å². The summed E-state index contributed by atoms with van der Waals surface area (Å²) in [7, 11) is 0. The molecular weight excluding hydrogens is 450 g/mol. The van der Waals surface area contributed by atoms with Crippen LogP contribution in [0.15, 0.2) is 23.8 Å². The minimum absolute atomic E-state index is 0.0614. The predicted octanol–water partition coefficient (Wildman–Crippen LogP) is 4.13. The van der Waals surface area contributed by atoms with E-state index in [1.807, 2.05) is 6.92 Å². The Morgan fingerprint density at radius 1 is 1.27 bits per heavy atom. The van der Waals surface area contributed by atoms with Crippen molar-refractivity contribution in [1.29, 1.82) is 0 Å². The largest absolute Gasteiger partial charge is 0.449 e. The quantitative estimate of drug-likeness (QED) is 0.610. The summed E-state index contributed by atoms with van der Waals surface area (Å²) in [4.78, 5) is 37.8. The zero-order chi connectivity index (χ0) is 24.6. The highest BCUT2D eigenvalue weighted by Crippen LogP contribution is 2.72. The van der Waals surface area contributed by atoms with Gasteiger partial charge in [0.2, 0.25) is 5.12 Å². The lowest BCUT2D eigenvalue weighted by Crippen LogP contribution is -2.70. The van der Waals surface area contributed by atoms with Crippen LogP contribution in [0.2, 0.25) is 0 Å². The van der Waals surface area contributed by atoms with Gasteiger partial charge in [-0.05, 0) is 56.1 Å². The number of halogens is 2. The van der Waals surface area contributed by atoms with Crippen LogP contribution < -0.4 is 0 Å². The van der Waals surface area contributed by atoms with Crippen LogP contribution in [0, 0.1) is 28.6 Å². The number of aliphatic hydroxyl groups is 1. The highest BCUT2D eigenvalue weighted by atomic mass is 32.2. The number of ether oxygens (including phenoxy) is 1. The lowest BCUT2D eigenvalue weighted by molar-refractivity contribution is -0.228. The summed E-state index contributed by atoms with van der Waals surface area (Å²) in [6, 6.07) is 0. The highest BCUT2D eigenvalue weighted by molar-refractivity contribution is 8.13. The van der Waals surface area contributed by atoms with Crippen molar-refractivity contribution in [1.82, 2.24) is 0 Å². The average Bonchev–Trinajstić information content (AvgIpc) is 2.98. The zero-order valence-electron chi connectivity index (χ0n) is 19.7. The van der Waals surface area contributed by atoms with Crippen LogP contribution >= 0.6 is 11.8 Å². The van der Waals surface area contributed by atoms with Gasteiger partial charge >= 0.3 is 5.97 Å². The minimum atomic E-state index is -2.23. The molecule has 0 aromatic carbocycles. The van der Waals surface area contributed by atoms with E-state index in [2.05, 4.69) is 0 Å². The van der Waals surface area contributed by atoms with E-state index >= 15 is 8.78 Å². The van der Waals surface area contributed by atoms with Crippen molar-refractivity contribution < 1.29 is 33.0 Å². The van der Waals surface area contributed by atoms with Crippen LogP contribution in [0.4, 0.5) is 8.78 Å². The number of rotatable bonds is 3. The molecule has 0 heterocycles. The van der Waals surface area contributed by atoms with Crippen LogP contribution in [0.5, 0.6) is 0 Å². The average molecular weight is 483 g/mol. The number of carbonyl (C=O) groups excluding carboxylic acids is 3. The Balaban J connectivity index is 1.88. The van der Waals surface area contributed by atoms with Crippen LogP contribution in [0.1, 0.15) is 53.4 Å². The molecule has 182 valence electrons. The maximum absolute atomic E-state index is 17.2. The van der Waals surface area contributed by atoms with Gasteiger partial charge < -0.3 is 9.84 Å². The molecule has 0 bridgehead atoms. The Morgan fingerprint density at radius 2 is 1.94 bits per heavy atom. The Bertz CT molecular complexity index is 964. The van der Waals surface area contributed by atoms with Gasteiger partial charge in [-0.1, -0.05) is 38.6 Å². The summed E-state index contributed by atoms with van der Waals surface area (Å²) in [5, 5.41) is 11.1. The monoisotopic (exact) mass is 482 g/mol. The van der Waals surface area contributed by atoms with Crippen LogP contribution in [0.25, 0.3) is 0 Å². The number of esters is 1. The number of ketones is 1. The molecule has 3 fully saturated rings. The van der Waals surface area contributed by atoms with Crippen molar-refractivity contribution in [3.05, 3.63) is 23.8 Å². The fraction of sp³-hybridized carbons (Fsp3) is 0.720. The number of fused-ring (bicyclic) bond motifs is 5. The number of aliphatic hydroxyl groups excluding tert-OH is 1. The van der Waals surface area contributed by atoms with Gasteiger partial charge in [0.1, 0.15) is 6.17 Å². The van der Waals surface area contributed by atoms with E-state index < -0.39 is 63.9 Å². The Hall–Kier alpha value is -1.54. The van der Waals surface area contributed by atoms with E-state index in [4.69, 9.17) is 4.74 Å². The van der Waals surface area contributed by atoms with E-state index in [-0.39, 0.29) is 30.0 Å². The summed E-state index contributed by atoms with van der Waals surface area (Å²) in [6.07, 6.45) is 2.45. The van der Waals surface area contributed by atoms with Gasteiger partial charge in [-0.15, -0.1) is 0 Å². The molecule has 3 saturated carbocycles. The standard InChI is InChI=1S/C25H32F2O5S/c1-6-20(30)32-25(21(31)33-5)13(2)9-15-16-11-18(26)17-10-14(28)7-8-22(17,3)24(16,27)19(29)12-23(15,25)4/h7-8,10,13,15-16,18-19,29H,6,9,11-12H2,1-5H3/t13-,15+,16+,18+,19+,22+,23+,24+,25+/m1/s1. The van der Waals surface area contributed by atoms with E-state index in [0.29, 0.717) is 6.42 Å². The van der Waals surface area contributed by atoms with Crippen molar-refractivity contribution in [3.63, 3.8) is 0 Å². The molecule has 1 N–H and O–H groups in total. The van der Waals surface area contributed by atoms with Crippen molar-refractivity contribution in [3.8, 4) is 0 Å². The van der Waals surface area contributed by atoms with Gasteiger partial charge in [0.05, 0.1) is 6.10 Å². The van der Waals surface area contributed by atoms with Crippen molar-refractivity contribution >= 4 is 28.6 Å². The van der Waals surface area contributed by atoms with Gasteiger partial charge in [0, 0.05) is 29.1 Å². The van der Waals surface area contributed by atoms with Crippen molar-refractivity contribution in [2.24, 2.45) is 28.6 Å². The lowest BCUT2D eigenvalue weighted by Gasteiger charge is -2.63. The minimum Gasteiger partial charge on any atom is -0.449 e. The molecule has 8 heteroatoms. The molecular formula is C25H32F2O5S. The second-order valence-electron chi connectivity index (χ2n) is 10.6. The van der Waals surface area contributed by atoms with Gasteiger partial charge in [-0.25, -0.2) is 8.78 Å². The first-order chi connectivity index (χ1) is 15.3. The van der Waals surface area contributed by atoms with Gasteiger partial charge in [0.15, 0.2) is 17.1 Å². The Kier molecular flexibility index (Phi) is 5.76. The first-order valence-corrected chi connectivity index (χ1v) is 12.8. The summed E-state index contributed by atoms with van der Waals surface area (Å²) in [6.45, 7) is 6.78. The maximum Gasteiger partial charge on any atom is 0.306 e. The molecule has 0 saturated heterocycles. The number of thioether (sulfide) groups is 1. The molecule has 4 rings (SSSR count). The number of carbonyl (C=O) groups is 3. The van der Waals surface area contributed by atoms with E-state index in [9.17, 15) is 19.5 Å². The third kappa shape index (κ3) is 2.89. The molecule has 0 unspecified atom stereocenters. The summed E-state index contributed by atoms with van der Waals surface area (Å²) in [5.74, 6) is -2.77. The van der Waals surface area contributed by atoms with E-state index in [1.54, 1.807) is 27.0 Å². The molecule has 4 aliphatic rings. The molecule has 33 heavy (non-hydrogen) atoms. The molecule has 0 amide bonds. The molecule has 0 aliphatic heterocycles. The molecule has 4 aliphatic carbocycles. The predicted molar refractivity (Wildman–Crippen MR) is 121 cm³/mol. The van der Waals surface area contributed by atoms with Gasteiger partial charge in [-0.2, -0.15) is 0 Å². The fourth-order valence-electron chi connectivity index (χ4n) is 7.62. The number of hydrogen-bond donors (Lipinski definition) is 1. The highest BCUT2D eigenvalue weighted by Gasteiger charge is 2.78. The number of hydrogen-bond acceptors (Lipinski definition) is 6. The topological polar surface area (TPSA) is 80.7 Å². The Labute approximate surface area is 197 Å². The van der Waals surface area contributed by atoms with Gasteiger partial charge in [-0.3, -0.25) is 14.4 Å². The van der Waals surface area contributed by atoms with Crippen LogP contribution in [-0.4, -0.2) is 51.8 Å². The molecule has 0 spiro atoms. The number of alkyl halides is 2. The van der Waals surface area contributed by atoms with E-state index in [0.717, 1.165) is 17.8 Å². The van der Waals surface area contributed by atoms with Crippen LogP contribution in [0.3, 0.4) is 0 Å². The zero-order valence-corrected chi connectivity index (χ0v) is 20.5. The van der Waals surface area contributed by atoms with Crippen molar-refractivity contribution in [2.45, 2.75) is 76.9 Å². The van der Waals surface area contributed by atoms with Crippen molar-refractivity contribution in [2.75, 3.05) is 6.26 Å². The second kappa shape index (κ2) is 7.74. The first-order valence-electron chi connectivity index (χ1n) is 11.6. The van der Waals surface area contributed by atoms with E-state index in [1.165, 1.54) is 12.2 Å². The smallest absolute Gasteiger partial charge is 0.306 e. The Morgan fingerprint density at radius 3 is 2.55 bits per heavy atom. The summed E-state index contributed by atoms with van der Waals surface area (Å²) in [5.41, 5.74) is -6.25. The molecule has 0 aromatic rings. The first kappa shape index (κ1) is 24.6. The third-order valence-corrected chi connectivity index (χ3v) is 9.89. The molecule has 0 aromatic heterocycles.